The maximum atomic E-state index is 12.4. The van der Waals surface area contributed by atoms with E-state index >= 15 is 0 Å². The van der Waals surface area contributed by atoms with E-state index in [2.05, 4.69) is 10.3 Å². The highest BCUT2D eigenvalue weighted by Crippen LogP contribution is 2.06. The van der Waals surface area contributed by atoms with Crippen LogP contribution < -0.4 is 10.9 Å². The van der Waals surface area contributed by atoms with Crippen LogP contribution in [0.1, 0.15) is 5.56 Å². The van der Waals surface area contributed by atoms with Gasteiger partial charge >= 0.3 is 0 Å². The molecule has 0 saturated carbocycles. The van der Waals surface area contributed by atoms with Gasteiger partial charge < -0.3 is 5.32 Å². The maximum Gasteiger partial charge on any atom is 0.297 e. The molecule has 1 N–H and O–H groups in total. The molecule has 0 fully saturated rings. The van der Waals surface area contributed by atoms with Crippen LogP contribution in [0.5, 0.6) is 0 Å². The molecule has 1 heterocycles. The predicted octanol–water partition coefficient (Wildman–Crippen LogP) is 2.84. The topological polar surface area (TPSA) is 46.9 Å². The van der Waals surface area contributed by atoms with Crippen molar-refractivity contribution in [2.45, 2.75) is 6.54 Å². The molecule has 4 heteroatoms. The second-order valence-corrected chi connectivity index (χ2v) is 4.63. The molecule has 0 unspecified atom stereocenters. The zero-order chi connectivity index (χ0) is 14.5. The fourth-order valence-corrected chi connectivity index (χ4v) is 2.11. The second-order valence-electron chi connectivity index (χ2n) is 4.63. The van der Waals surface area contributed by atoms with Crippen LogP contribution in [0.4, 0.5) is 5.82 Å². The SMILES string of the molecule is O=c1c(NCc2ccccc2)nccn1-c1ccccc1. The molecule has 0 saturated heterocycles. The lowest BCUT2D eigenvalue weighted by molar-refractivity contribution is 0.944. The number of rotatable bonds is 4. The lowest BCUT2D eigenvalue weighted by atomic mass is 10.2. The van der Waals surface area contributed by atoms with E-state index in [1.54, 1.807) is 17.0 Å². The van der Waals surface area contributed by atoms with Crippen molar-refractivity contribution in [3.63, 3.8) is 0 Å². The van der Waals surface area contributed by atoms with Crippen LogP contribution in [-0.2, 0) is 6.54 Å². The average molecular weight is 277 g/mol. The highest BCUT2D eigenvalue weighted by atomic mass is 16.1. The molecule has 1 aromatic heterocycles. The number of hydrogen-bond donors (Lipinski definition) is 1. The zero-order valence-electron chi connectivity index (χ0n) is 11.4. The van der Waals surface area contributed by atoms with E-state index in [0.29, 0.717) is 12.4 Å². The van der Waals surface area contributed by atoms with Crippen molar-refractivity contribution in [2.24, 2.45) is 0 Å². The Balaban J connectivity index is 1.86. The monoisotopic (exact) mass is 277 g/mol. The summed E-state index contributed by atoms with van der Waals surface area (Å²) in [6.07, 6.45) is 3.30. The number of nitrogens with one attached hydrogen (secondary N) is 1. The lowest BCUT2D eigenvalue weighted by Gasteiger charge is -2.09. The quantitative estimate of drug-likeness (QED) is 0.797. The van der Waals surface area contributed by atoms with Crippen molar-refractivity contribution in [1.29, 1.82) is 0 Å². The van der Waals surface area contributed by atoms with Gasteiger partial charge in [-0.15, -0.1) is 0 Å². The molecule has 21 heavy (non-hydrogen) atoms. The number of hydrogen-bond acceptors (Lipinski definition) is 3. The highest BCUT2D eigenvalue weighted by molar-refractivity contribution is 5.38. The van der Waals surface area contributed by atoms with Gasteiger partial charge in [-0.3, -0.25) is 9.36 Å². The van der Waals surface area contributed by atoms with E-state index in [0.717, 1.165) is 11.3 Å². The Morgan fingerprint density at radius 3 is 2.33 bits per heavy atom. The van der Waals surface area contributed by atoms with Crippen LogP contribution in [0, 0.1) is 0 Å². The summed E-state index contributed by atoms with van der Waals surface area (Å²) in [5.74, 6) is 0.352. The fraction of sp³-hybridized carbons (Fsp3) is 0.0588. The summed E-state index contributed by atoms with van der Waals surface area (Å²) in [5.41, 5.74) is 1.78. The predicted molar refractivity (Wildman–Crippen MR) is 83.6 cm³/mol. The van der Waals surface area contributed by atoms with Gasteiger partial charge in [0.1, 0.15) is 0 Å². The molecular weight excluding hydrogens is 262 g/mol. The number of benzene rings is 2. The van der Waals surface area contributed by atoms with Gasteiger partial charge in [0.25, 0.3) is 5.56 Å². The number of anilines is 1. The first kappa shape index (κ1) is 13.1. The third kappa shape index (κ3) is 3.00. The molecule has 104 valence electrons. The minimum Gasteiger partial charge on any atom is -0.361 e. The van der Waals surface area contributed by atoms with Gasteiger partial charge in [0.05, 0.1) is 0 Å². The van der Waals surface area contributed by atoms with Crippen LogP contribution in [0.3, 0.4) is 0 Å². The Bertz CT molecular complexity index is 767. The van der Waals surface area contributed by atoms with Crippen molar-refractivity contribution < 1.29 is 0 Å². The third-order valence-electron chi connectivity index (χ3n) is 3.18. The average Bonchev–Trinajstić information content (AvgIpc) is 2.56. The summed E-state index contributed by atoms with van der Waals surface area (Å²) in [4.78, 5) is 16.6. The molecule has 0 bridgehead atoms. The molecule has 4 nitrogen and oxygen atoms in total. The largest absolute Gasteiger partial charge is 0.361 e. The van der Waals surface area contributed by atoms with Crippen LogP contribution >= 0.6 is 0 Å². The maximum absolute atomic E-state index is 12.4. The van der Waals surface area contributed by atoms with Crippen molar-refractivity contribution in [1.82, 2.24) is 9.55 Å². The van der Waals surface area contributed by atoms with Gasteiger partial charge in [0, 0.05) is 24.6 Å². The Morgan fingerprint density at radius 1 is 0.952 bits per heavy atom. The molecule has 3 rings (SSSR count). The van der Waals surface area contributed by atoms with E-state index in [1.807, 2.05) is 60.7 Å². The summed E-state index contributed by atoms with van der Waals surface area (Å²) in [6, 6.07) is 19.4. The van der Waals surface area contributed by atoms with Gasteiger partial charge in [-0.25, -0.2) is 4.98 Å². The lowest BCUT2D eigenvalue weighted by Crippen LogP contribution is -2.22. The first-order valence-corrected chi connectivity index (χ1v) is 6.75. The zero-order valence-corrected chi connectivity index (χ0v) is 11.4. The Hall–Kier alpha value is -2.88. The van der Waals surface area contributed by atoms with Gasteiger partial charge in [-0.1, -0.05) is 48.5 Å². The van der Waals surface area contributed by atoms with Crippen LogP contribution in [0.2, 0.25) is 0 Å². The third-order valence-corrected chi connectivity index (χ3v) is 3.18. The van der Waals surface area contributed by atoms with E-state index in [-0.39, 0.29) is 5.56 Å². The minimum absolute atomic E-state index is 0.153. The molecule has 0 atom stereocenters. The molecule has 0 amide bonds. The Kier molecular flexibility index (Phi) is 3.78. The molecule has 0 spiro atoms. The van der Waals surface area contributed by atoms with Crippen LogP contribution in [0.25, 0.3) is 5.69 Å². The minimum atomic E-state index is -0.153. The Labute approximate surface area is 122 Å². The normalized spacial score (nSPS) is 10.3. The standard InChI is InChI=1S/C17H15N3O/c21-17-16(19-13-14-7-3-1-4-8-14)18-11-12-20(17)15-9-5-2-6-10-15/h1-12H,13H2,(H,18,19). The van der Waals surface area contributed by atoms with E-state index in [1.165, 1.54) is 0 Å². The molecular formula is C17H15N3O. The van der Waals surface area contributed by atoms with Crippen LogP contribution in [0.15, 0.2) is 77.9 Å². The van der Waals surface area contributed by atoms with Crippen molar-refractivity contribution in [3.8, 4) is 5.69 Å². The van der Waals surface area contributed by atoms with Gasteiger partial charge in [-0.05, 0) is 17.7 Å². The Morgan fingerprint density at radius 2 is 1.62 bits per heavy atom. The fourth-order valence-electron chi connectivity index (χ4n) is 2.11. The van der Waals surface area contributed by atoms with E-state index in [9.17, 15) is 4.79 Å². The molecule has 0 aliphatic heterocycles. The van der Waals surface area contributed by atoms with Gasteiger partial charge in [-0.2, -0.15) is 0 Å². The van der Waals surface area contributed by atoms with Gasteiger partial charge in [0.2, 0.25) is 0 Å². The summed E-state index contributed by atoms with van der Waals surface area (Å²) >= 11 is 0. The molecule has 3 aromatic rings. The van der Waals surface area contributed by atoms with Crippen molar-refractivity contribution in [3.05, 3.63) is 89.0 Å². The van der Waals surface area contributed by atoms with E-state index in [4.69, 9.17) is 0 Å². The highest BCUT2D eigenvalue weighted by Gasteiger charge is 2.05. The first-order chi connectivity index (χ1) is 10.3. The summed E-state index contributed by atoms with van der Waals surface area (Å²) in [7, 11) is 0. The van der Waals surface area contributed by atoms with Crippen molar-refractivity contribution in [2.75, 3.05) is 5.32 Å². The summed E-state index contributed by atoms with van der Waals surface area (Å²) in [6.45, 7) is 0.571. The van der Waals surface area contributed by atoms with Crippen molar-refractivity contribution >= 4 is 5.82 Å². The number of aromatic nitrogens is 2. The number of nitrogens with zero attached hydrogens (tertiary/aromatic N) is 2. The van der Waals surface area contributed by atoms with Gasteiger partial charge in [0.15, 0.2) is 5.82 Å². The molecule has 0 aliphatic carbocycles. The van der Waals surface area contributed by atoms with Crippen LogP contribution in [-0.4, -0.2) is 9.55 Å². The first-order valence-electron chi connectivity index (χ1n) is 6.75. The summed E-state index contributed by atoms with van der Waals surface area (Å²) < 4.78 is 1.58. The number of para-hydroxylation sites is 1. The smallest absolute Gasteiger partial charge is 0.297 e. The van der Waals surface area contributed by atoms with E-state index < -0.39 is 0 Å². The molecule has 2 aromatic carbocycles. The molecule has 0 aliphatic rings. The molecule has 0 radical (unpaired) electrons. The summed E-state index contributed by atoms with van der Waals surface area (Å²) in [5, 5.41) is 3.09. The second kappa shape index (κ2) is 6.05.